The summed E-state index contributed by atoms with van der Waals surface area (Å²) in [7, 11) is 0. The lowest BCUT2D eigenvalue weighted by Crippen LogP contribution is 0.143. The van der Waals surface area contributed by atoms with Gasteiger partial charge in [-0.05, 0) is 0 Å². The summed E-state index contributed by atoms with van der Waals surface area (Å²) in [5.41, 5.74) is 0. The molecule has 0 bridgehead atoms. The largest absolute Gasteiger partial charge is 0.0776 e. The minimum Gasteiger partial charge on any atom is -0.0776 e. The molecule has 660 valence electrons. The molecule has 0 unspecified atom stereocenters. The molecule has 0 amide bonds. The van der Waals surface area contributed by atoms with Crippen LogP contribution in [0.4, 0.5) is 0 Å². The first-order valence-corrected chi connectivity index (χ1v) is 0. The topological polar surface area (TPSA) is 0 Å². The molecule has 0 aromatic rings. The maximum atomic E-state index is 5.00. The van der Waals surface area contributed by atoms with Crippen LogP contribution in [0.15, 0.2) is 0 Å². The van der Waals surface area contributed by atoms with Gasteiger partial charge in [0.25, 0.3) is 0 Å². The van der Waals surface area contributed by atoms with Crippen molar-refractivity contribution in [3.8, 4) is 0 Å². The third-order valence-corrected chi connectivity index (χ3v) is 0. The number of hydrogen-bond donors (Lipinski definition) is 0. The van der Waals surface area contributed by atoms with Crippen molar-refractivity contribution in [3.05, 3.63) is 0 Å². The van der Waals surface area contributed by atoms with Crippen LogP contribution in [-0.2, 0) is 0 Å². The first kappa shape index (κ1) is 280. The van der Waals surface area contributed by atoms with Gasteiger partial charge in [0.05, 0.1) is 0 Å². The Morgan fingerprint density at radius 3 is 0.0417 bits per heavy atom. The average Bonchev–Trinajstić information content (AvgIpc) is 3.63. The van der Waals surface area contributed by atoms with Gasteiger partial charge in [-0.2, -0.15) is 0 Å². The summed E-state index contributed by atoms with van der Waals surface area (Å²) >= 11 is 0. The van der Waals surface area contributed by atoms with E-state index >= 15 is 0 Å². The molecule has 0 rings (SSSR count). The van der Waals surface area contributed by atoms with Gasteiger partial charge in [0.1, 0.15) is 0 Å². The maximum absolute atomic E-state index is 5.00. The van der Waals surface area contributed by atoms with Gasteiger partial charge in [0.2, 0.25) is 0 Å². The zero-order valence-corrected chi connectivity index (χ0v) is 0. The van der Waals surface area contributed by atoms with Crippen LogP contribution < -0.4 is 0 Å². The highest BCUT2D eigenvalue weighted by atomic mass is 12.1. The van der Waals surface area contributed by atoms with Gasteiger partial charge in [0.15, 0.2) is 0 Å². The molecule has 0 atom stereocenters. The highest BCUT2D eigenvalue weighted by Gasteiger charge is -0.00656. The summed E-state index contributed by atoms with van der Waals surface area (Å²) in [5, 5.41) is 0. The van der Waals surface area contributed by atoms with Crippen molar-refractivity contribution in [2.24, 2.45) is 0 Å². The average molecular weight is 1320 g/mol. The monoisotopic (exact) mass is 1320 g/mol. The fraction of sp³-hybridized carbons (Fsp3) is 1.00. The first-order valence-electron chi connectivity index (χ1n) is 36.0. The molecule has 0 heteroatoms. The normalized spacial score (nSPS) is 4.00. The van der Waals surface area contributed by atoms with E-state index in [1.54, 1.807) is 0 Å². The quantitative estimate of drug-likeness (QED) is 0.227. The Morgan fingerprint density at radius 1 is 0.0417 bits per heavy atom. The summed E-state index contributed by atoms with van der Waals surface area (Å²) < 4.78 is 360. The van der Waals surface area contributed by atoms with E-state index in [9.17, 15) is 0 Å². The number of rotatable bonds is 0. The molecule has 0 N–H and O–H groups in total. The van der Waals surface area contributed by atoms with Gasteiger partial charge >= 0.3 is 0 Å². The molecular weight excluding hydrogens is 865 g/mol. The fourth-order valence-electron chi connectivity index (χ4n) is 0. The maximum Gasteiger partial charge on any atom is 0 e. The molecule has 0 spiro atoms. The molecule has 72 heavy (non-hydrogen) atoms. The van der Waals surface area contributed by atoms with Gasteiger partial charge in [-0.15, -0.1) is 0 Å². The van der Waals surface area contributed by atoms with Crippen molar-refractivity contribution in [3.63, 3.8) is 0 Å². The molecular formula is C72H372. The summed E-state index contributed by atoms with van der Waals surface area (Å²) in [6, 6.07) is 0. The standard InChI is InChI=1S/72CH4.42H2/h72*1H4;42*1H/i;;;;;;;;;;;;;;;;;;;;;;;;;;;;;;;;;;;;;;;;;;;;;;;;;;;;;;;;;;;;;;;;;;;;;;;;36*1+1D;6*1+1. The van der Waals surface area contributed by atoms with Crippen LogP contribution in [-0.4, -0.2) is 0 Å². The molecule has 0 aliphatic rings. The molecule has 0 saturated heterocycles. The lowest BCUT2D eigenvalue weighted by Gasteiger charge is -0.0786. The Bertz CT molecular complexity index is 150. The summed E-state index contributed by atoms with van der Waals surface area (Å²) in [6.07, 6.45) is 0. The molecule has 0 heterocycles. The SMILES string of the molecule is C.C.C.C.C.C.C.C.C.C.C.C.C.C.C.C.C.C.C.C.C.C.C.C.C.C.C.C.C.C.C.C.C.C.C.C.C.C.C.C.C.C.C.C.C.C.C.C.C.C.C.C.C.C.C.C.C.C.C.C.C.C.C.C.C.C.C.C.C.C.C.C.[2HH].[2HH].[2HH].[2HH].[2HH].[2HH].[2H][2H].[2H][2H].[2H][2H].[2H][2H].[2H][2H].[2H][2H].[2H][2H].[2H][2H].[2H][2H].[2H][2H].[2H][2H].[2H][2H].[2H][2H].[2H][2H].[2H][2H].[2H][2H].[2H][2H].[2H][2H].[2H][2H].[2H][2H].[2H][2H].[2H][2H].[2H][2H].[2H][2H].[2H][2H].[2H][2H].[2H][2H].[2H][2H].[2H][2H].[2H][2H].[2H][2H].[2H][2H].[2H][2H].[2H][2H].[2H][2H].[2H][2H]. The van der Waals surface area contributed by atoms with Crippen LogP contribution in [0, 0.1) is 0 Å². The minimum atomic E-state index is 0. The summed E-state index contributed by atoms with van der Waals surface area (Å²) in [5.74, 6) is 0. The number of hydrogen-bond acceptors (Lipinski definition) is 0. The molecule has 0 aliphatic carbocycles. The molecule has 0 saturated carbocycles. The fourth-order valence-corrected chi connectivity index (χ4v) is 0. The van der Waals surface area contributed by atoms with Crippen molar-refractivity contribution in [2.75, 3.05) is 0 Å². The predicted molar refractivity (Wildman–Crippen MR) is 573 cm³/mol. The van der Waals surface area contributed by atoms with Gasteiger partial charge in [-0.25, -0.2) is 0 Å². The third-order valence-electron chi connectivity index (χ3n) is 0. The zero-order valence-electron chi connectivity index (χ0n) is 72.0. The molecule has 0 aromatic carbocycles. The Balaban J connectivity index is -0.000000000782. The lowest BCUT2D eigenvalue weighted by molar-refractivity contribution is 2.50. The van der Waals surface area contributed by atoms with Crippen molar-refractivity contribution in [1.82, 2.24) is 0 Å². The van der Waals surface area contributed by atoms with E-state index in [0.717, 1.165) is 0 Å². The minimum absolute atomic E-state index is 0. The second-order valence-corrected chi connectivity index (χ2v) is 0. The highest BCUT2D eigenvalue weighted by Crippen LogP contribution is 0.215. The van der Waals surface area contributed by atoms with Crippen LogP contribution in [0.1, 0.15) is 650 Å². The van der Waals surface area contributed by atoms with Crippen LogP contribution in [0.2, 0.25) is 0 Å². The van der Waals surface area contributed by atoms with Gasteiger partial charge in [-0.1, -0.05) is 535 Å². The molecule has 0 aromatic heterocycles. The molecule has 0 aliphatic heterocycles. The molecule has 0 radical (unpaired) electrons. The van der Waals surface area contributed by atoms with Crippen molar-refractivity contribution < 1.29 is 115 Å². The second-order valence-electron chi connectivity index (χ2n) is 0. The van der Waals surface area contributed by atoms with Crippen molar-refractivity contribution in [1.29, 1.82) is 0 Å². The van der Waals surface area contributed by atoms with E-state index in [0.29, 0.717) is 0 Å². The highest BCUT2D eigenvalue weighted by molar-refractivity contribution is 2.57. The van der Waals surface area contributed by atoms with Gasteiger partial charge < -0.3 is 0 Å². The van der Waals surface area contributed by atoms with E-state index in [2.05, 4.69) is 0 Å². The van der Waals surface area contributed by atoms with Crippen molar-refractivity contribution >= 4 is 0 Å². The Kier molecular flexibility index (Phi) is 0. The van der Waals surface area contributed by atoms with Crippen LogP contribution in [0.5, 0.6) is 0 Å². The second kappa shape index (κ2) is 0. The Labute approximate surface area is 652 Å². The summed E-state index contributed by atoms with van der Waals surface area (Å²) in [4.78, 5) is 0. The van der Waals surface area contributed by atoms with E-state index in [4.69, 9.17) is 107 Å². The Morgan fingerprint density at radius 2 is 0.0417 bits per heavy atom. The van der Waals surface area contributed by atoms with E-state index in [1.165, 1.54) is 0 Å². The Hall–Kier alpha value is 0. The van der Waals surface area contributed by atoms with Crippen molar-refractivity contribution in [2.45, 2.75) is 535 Å². The van der Waals surface area contributed by atoms with Crippen LogP contribution in [0.25, 0.3) is 0 Å². The third kappa shape index (κ3) is 0. The predicted octanol–water partition coefficient (Wildman–Crippen LogP) is 56.1. The van der Waals surface area contributed by atoms with E-state index in [-0.39, 0.29) is 543 Å². The zero-order chi connectivity index (χ0) is 72.0. The molecule has 0 fully saturated rings. The lowest BCUT2D eigenvalue weighted by atomic mass is 12.0. The van der Waals surface area contributed by atoms with Crippen LogP contribution >= 0.6 is 0 Å². The van der Waals surface area contributed by atoms with E-state index < -0.39 is 0 Å². The van der Waals surface area contributed by atoms with E-state index in [1.807, 2.05) is 0 Å². The smallest absolute Gasteiger partial charge is 0 e. The summed E-state index contributed by atoms with van der Waals surface area (Å²) in [6.45, 7) is 0. The van der Waals surface area contributed by atoms with Gasteiger partial charge in [-0.3, -0.25) is 0 Å². The van der Waals surface area contributed by atoms with Crippen LogP contribution in [0.3, 0.4) is 0 Å². The van der Waals surface area contributed by atoms with Gasteiger partial charge in [0, 0.05) is 115 Å². The first-order chi connectivity index (χ1) is 36.0. The molecule has 0 nitrogen and oxygen atoms in total.